The molecule has 0 aliphatic carbocycles. The van der Waals surface area contributed by atoms with Crippen molar-refractivity contribution in [2.45, 2.75) is 25.9 Å². The second-order valence-corrected chi connectivity index (χ2v) is 4.33. The lowest BCUT2D eigenvalue weighted by atomic mass is 9.91. The van der Waals surface area contributed by atoms with E-state index in [2.05, 4.69) is 35.1 Å². The fraction of sp³-hybridized carbons (Fsp3) is 0.357. The van der Waals surface area contributed by atoms with E-state index >= 15 is 0 Å². The van der Waals surface area contributed by atoms with Gasteiger partial charge >= 0.3 is 0 Å². The van der Waals surface area contributed by atoms with Gasteiger partial charge in [0.15, 0.2) is 0 Å². The predicted octanol–water partition coefficient (Wildman–Crippen LogP) is 3.10. The van der Waals surface area contributed by atoms with E-state index in [9.17, 15) is 0 Å². The van der Waals surface area contributed by atoms with Crippen LogP contribution in [0.1, 0.15) is 30.6 Å². The van der Waals surface area contributed by atoms with Gasteiger partial charge in [-0.2, -0.15) is 0 Å². The Balaban J connectivity index is 2.12. The fourth-order valence-corrected chi connectivity index (χ4v) is 2.55. The largest absolute Gasteiger partial charge is 0.373 e. The van der Waals surface area contributed by atoms with Gasteiger partial charge in [0.2, 0.25) is 0 Å². The number of imidazole rings is 1. The third-order valence-corrected chi connectivity index (χ3v) is 3.35. The molecule has 0 saturated heterocycles. The summed E-state index contributed by atoms with van der Waals surface area (Å²) in [5.41, 5.74) is 3.93. The van der Waals surface area contributed by atoms with Gasteiger partial charge in [0, 0.05) is 18.0 Å². The molecule has 0 bridgehead atoms. The minimum atomic E-state index is 0.244. The molecule has 1 aromatic heterocycles. The Bertz CT molecular complexity index is 505. The van der Waals surface area contributed by atoms with Gasteiger partial charge in [-0.05, 0) is 24.0 Å². The highest BCUT2D eigenvalue weighted by Gasteiger charge is 2.22. The van der Waals surface area contributed by atoms with E-state index in [0.29, 0.717) is 0 Å². The molecule has 0 saturated carbocycles. The van der Waals surface area contributed by atoms with Gasteiger partial charge in [0.1, 0.15) is 5.82 Å². The number of fused-ring (bicyclic) bond motifs is 1. The van der Waals surface area contributed by atoms with E-state index in [0.717, 1.165) is 25.3 Å². The zero-order valence-corrected chi connectivity index (χ0v) is 9.94. The van der Waals surface area contributed by atoms with E-state index in [1.807, 2.05) is 6.20 Å². The lowest BCUT2D eigenvalue weighted by Crippen LogP contribution is -2.16. The molecule has 3 nitrogen and oxygen atoms in total. The Hall–Kier alpha value is -1.61. The van der Waals surface area contributed by atoms with Gasteiger partial charge in [0.25, 0.3) is 0 Å². The van der Waals surface area contributed by atoms with Crippen molar-refractivity contribution in [2.24, 2.45) is 0 Å². The standard InChI is InChI=1S/C14H16N2O/c1-2-13-11-4-3-5-12(10(11)6-9-17-13)14-15-7-8-16-14/h3-5,7-8,13H,2,6,9H2,1H3,(H,15,16)/t13-/m0/s1. The van der Waals surface area contributed by atoms with Crippen LogP contribution in [0.4, 0.5) is 0 Å². The second-order valence-electron chi connectivity index (χ2n) is 4.33. The minimum Gasteiger partial charge on any atom is -0.373 e. The molecular formula is C14H16N2O. The summed E-state index contributed by atoms with van der Waals surface area (Å²) in [6, 6.07) is 6.40. The molecule has 0 amide bonds. The average Bonchev–Trinajstić information content (AvgIpc) is 2.91. The highest BCUT2D eigenvalue weighted by atomic mass is 16.5. The van der Waals surface area contributed by atoms with Gasteiger partial charge < -0.3 is 9.72 Å². The number of nitrogens with one attached hydrogen (secondary N) is 1. The molecule has 2 heterocycles. The molecule has 0 spiro atoms. The van der Waals surface area contributed by atoms with E-state index in [1.165, 1.54) is 16.7 Å². The Morgan fingerprint density at radius 2 is 2.41 bits per heavy atom. The van der Waals surface area contributed by atoms with Crippen molar-refractivity contribution in [3.63, 3.8) is 0 Å². The minimum absolute atomic E-state index is 0.244. The Morgan fingerprint density at radius 1 is 1.47 bits per heavy atom. The normalized spacial score (nSPS) is 19.0. The SMILES string of the molecule is CC[C@@H]1OCCc2c(-c3ncc[nH]3)cccc21. The summed E-state index contributed by atoms with van der Waals surface area (Å²) in [6.07, 6.45) is 5.90. The van der Waals surface area contributed by atoms with Crippen molar-refractivity contribution < 1.29 is 4.74 Å². The molecule has 1 N–H and O–H groups in total. The number of nitrogens with zero attached hydrogens (tertiary/aromatic N) is 1. The van der Waals surface area contributed by atoms with Crippen LogP contribution in [0.15, 0.2) is 30.6 Å². The van der Waals surface area contributed by atoms with Crippen molar-refractivity contribution in [3.05, 3.63) is 41.7 Å². The van der Waals surface area contributed by atoms with Crippen molar-refractivity contribution in [3.8, 4) is 11.4 Å². The molecule has 0 radical (unpaired) electrons. The highest BCUT2D eigenvalue weighted by molar-refractivity contribution is 5.63. The smallest absolute Gasteiger partial charge is 0.137 e. The number of aromatic amines is 1. The first-order chi connectivity index (χ1) is 8.40. The quantitative estimate of drug-likeness (QED) is 0.857. The molecule has 2 aromatic rings. The van der Waals surface area contributed by atoms with Crippen molar-refractivity contribution in [2.75, 3.05) is 6.61 Å². The summed E-state index contributed by atoms with van der Waals surface area (Å²) in [7, 11) is 0. The van der Waals surface area contributed by atoms with E-state index in [1.54, 1.807) is 6.20 Å². The molecule has 3 rings (SSSR count). The number of H-pyrrole nitrogens is 1. The van der Waals surface area contributed by atoms with Gasteiger partial charge in [-0.15, -0.1) is 0 Å². The van der Waals surface area contributed by atoms with Crippen molar-refractivity contribution in [1.29, 1.82) is 0 Å². The van der Waals surface area contributed by atoms with Gasteiger partial charge in [-0.1, -0.05) is 25.1 Å². The van der Waals surface area contributed by atoms with Crippen LogP contribution in [0.3, 0.4) is 0 Å². The number of aromatic nitrogens is 2. The zero-order valence-electron chi connectivity index (χ0n) is 9.94. The van der Waals surface area contributed by atoms with Crippen LogP contribution in [0.5, 0.6) is 0 Å². The number of benzene rings is 1. The molecule has 1 aliphatic heterocycles. The van der Waals surface area contributed by atoms with Crippen LogP contribution in [-0.4, -0.2) is 16.6 Å². The number of hydrogen-bond acceptors (Lipinski definition) is 2. The van der Waals surface area contributed by atoms with E-state index in [-0.39, 0.29) is 6.10 Å². The summed E-state index contributed by atoms with van der Waals surface area (Å²) in [4.78, 5) is 7.53. The van der Waals surface area contributed by atoms with Crippen LogP contribution < -0.4 is 0 Å². The van der Waals surface area contributed by atoms with Crippen molar-refractivity contribution >= 4 is 0 Å². The summed E-state index contributed by atoms with van der Waals surface area (Å²) in [5, 5.41) is 0. The predicted molar refractivity (Wildman–Crippen MR) is 66.7 cm³/mol. The summed E-state index contributed by atoms with van der Waals surface area (Å²) >= 11 is 0. The highest BCUT2D eigenvalue weighted by Crippen LogP contribution is 2.34. The molecule has 1 atom stereocenters. The first-order valence-electron chi connectivity index (χ1n) is 6.13. The summed E-state index contributed by atoms with van der Waals surface area (Å²) < 4.78 is 5.80. The first kappa shape index (κ1) is 10.5. The molecule has 1 aliphatic rings. The van der Waals surface area contributed by atoms with Crippen LogP contribution in [0, 0.1) is 0 Å². The third kappa shape index (κ3) is 1.76. The molecule has 0 unspecified atom stereocenters. The van der Waals surface area contributed by atoms with E-state index in [4.69, 9.17) is 4.74 Å². The monoisotopic (exact) mass is 228 g/mol. The Morgan fingerprint density at radius 3 is 3.18 bits per heavy atom. The maximum absolute atomic E-state index is 5.80. The molecule has 1 aromatic carbocycles. The molecule has 88 valence electrons. The summed E-state index contributed by atoms with van der Waals surface area (Å²) in [5.74, 6) is 0.957. The van der Waals surface area contributed by atoms with Crippen LogP contribution in [-0.2, 0) is 11.2 Å². The summed E-state index contributed by atoms with van der Waals surface area (Å²) in [6.45, 7) is 2.97. The fourth-order valence-electron chi connectivity index (χ4n) is 2.55. The maximum atomic E-state index is 5.80. The number of hydrogen-bond donors (Lipinski definition) is 1. The second kappa shape index (κ2) is 4.34. The van der Waals surface area contributed by atoms with E-state index < -0.39 is 0 Å². The first-order valence-corrected chi connectivity index (χ1v) is 6.13. The molecule has 3 heteroatoms. The maximum Gasteiger partial charge on any atom is 0.137 e. The average molecular weight is 228 g/mol. The number of rotatable bonds is 2. The molecular weight excluding hydrogens is 212 g/mol. The van der Waals surface area contributed by atoms with Crippen LogP contribution >= 0.6 is 0 Å². The number of ether oxygens (including phenoxy) is 1. The van der Waals surface area contributed by atoms with Crippen molar-refractivity contribution in [1.82, 2.24) is 9.97 Å². The topological polar surface area (TPSA) is 37.9 Å². The molecule has 17 heavy (non-hydrogen) atoms. The Kier molecular flexibility index (Phi) is 2.69. The van der Waals surface area contributed by atoms with Crippen LogP contribution in [0.2, 0.25) is 0 Å². The Labute approximate surface area is 101 Å². The molecule has 0 fully saturated rings. The lowest BCUT2D eigenvalue weighted by molar-refractivity contribution is 0.0400. The third-order valence-electron chi connectivity index (χ3n) is 3.35. The van der Waals surface area contributed by atoms with Gasteiger partial charge in [-0.25, -0.2) is 4.98 Å². The van der Waals surface area contributed by atoms with Crippen LogP contribution in [0.25, 0.3) is 11.4 Å². The van der Waals surface area contributed by atoms with Gasteiger partial charge in [-0.3, -0.25) is 0 Å². The zero-order chi connectivity index (χ0) is 11.7. The van der Waals surface area contributed by atoms with Gasteiger partial charge in [0.05, 0.1) is 12.7 Å². The lowest BCUT2D eigenvalue weighted by Gasteiger charge is -2.26.